The van der Waals surface area contributed by atoms with Crippen LogP contribution in [0.5, 0.6) is 0 Å². The first-order chi connectivity index (χ1) is 11.1. The van der Waals surface area contributed by atoms with Crippen molar-refractivity contribution in [3.8, 4) is 11.3 Å². The molecule has 116 valence electrons. The van der Waals surface area contributed by atoms with Crippen LogP contribution in [-0.4, -0.2) is 16.0 Å². The van der Waals surface area contributed by atoms with Crippen LogP contribution < -0.4 is 5.32 Å². The number of hydrogen-bond acceptors (Lipinski definition) is 4. The van der Waals surface area contributed by atoms with Crippen molar-refractivity contribution in [1.29, 1.82) is 0 Å². The Labute approximate surface area is 138 Å². The van der Waals surface area contributed by atoms with Crippen LogP contribution in [0.25, 0.3) is 11.3 Å². The second-order valence-electron chi connectivity index (χ2n) is 5.06. The fraction of sp³-hybridized carbons (Fsp3) is 0.118. The summed E-state index contributed by atoms with van der Waals surface area (Å²) in [5.74, 6) is 0.224. The number of hydrogen-bond donors (Lipinski definition) is 1. The third-order valence-electron chi connectivity index (χ3n) is 3.43. The zero-order valence-electron chi connectivity index (χ0n) is 12.4. The standard InChI is InChI=1S/C17H14ClN3O2/c1-11(12-6-8-19-9-7-12)20-17(22)15-10-16(23-21-15)13-2-4-14(18)5-3-13/h2-11H,1H3,(H,20,22). The lowest BCUT2D eigenvalue weighted by Crippen LogP contribution is -2.26. The molecular formula is C17H14ClN3O2. The number of nitrogens with zero attached hydrogens (tertiary/aromatic N) is 2. The molecule has 5 nitrogen and oxygen atoms in total. The Balaban J connectivity index is 1.72. The third kappa shape index (κ3) is 3.57. The number of carbonyl (C=O) groups excluding carboxylic acids is 1. The van der Waals surface area contributed by atoms with Crippen molar-refractivity contribution in [3.63, 3.8) is 0 Å². The van der Waals surface area contributed by atoms with Gasteiger partial charge in [0.1, 0.15) is 0 Å². The number of aromatic nitrogens is 2. The average Bonchev–Trinajstić information content (AvgIpc) is 3.06. The molecule has 0 radical (unpaired) electrons. The van der Waals surface area contributed by atoms with Crippen molar-refractivity contribution in [2.45, 2.75) is 13.0 Å². The quantitative estimate of drug-likeness (QED) is 0.789. The fourth-order valence-electron chi connectivity index (χ4n) is 2.14. The zero-order chi connectivity index (χ0) is 16.2. The van der Waals surface area contributed by atoms with Crippen LogP contribution in [0.4, 0.5) is 0 Å². The van der Waals surface area contributed by atoms with Gasteiger partial charge in [0.15, 0.2) is 11.5 Å². The molecule has 0 aliphatic carbocycles. The van der Waals surface area contributed by atoms with Gasteiger partial charge in [0.2, 0.25) is 0 Å². The molecule has 3 rings (SSSR count). The Bertz CT molecular complexity index is 800. The molecule has 1 amide bonds. The van der Waals surface area contributed by atoms with Crippen molar-refractivity contribution < 1.29 is 9.32 Å². The van der Waals surface area contributed by atoms with E-state index in [1.807, 2.05) is 31.2 Å². The maximum absolute atomic E-state index is 12.3. The molecule has 1 unspecified atom stereocenters. The van der Waals surface area contributed by atoms with Crippen LogP contribution in [0.2, 0.25) is 5.02 Å². The van der Waals surface area contributed by atoms with Crippen molar-refractivity contribution >= 4 is 17.5 Å². The molecule has 6 heteroatoms. The van der Waals surface area contributed by atoms with Gasteiger partial charge in [0, 0.05) is 29.0 Å². The van der Waals surface area contributed by atoms with E-state index in [0.29, 0.717) is 10.8 Å². The van der Waals surface area contributed by atoms with Gasteiger partial charge in [-0.2, -0.15) is 0 Å². The Morgan fingerprint density at radius 2 is 1.87 bits per heavy atom. The highest BCUT2D eigenvalue weighted by Crippen LogP contribution is 2.22. The molecular weight excluding hydrogens is 314 g/mol. The molecule has 1 aromatic carbocycles. The summed E-state index contributed by atoms with van der Waals surface area (Å²) in [6, 6.07) is 12.3. The molecule has 0 saturated heterocycles. The monoisotopic (exact) mass is 327 g/mol. The van der Waals surface area contributed by atoms with Gasteiger partial charge in [-0.15, -0.1) is 0 Å². The Morgan fingerprint density at radius 3 is 2.57 bits per heavy atom. The first-order valence-corrected chi connectivity index (χ1v) is 7.45. The van der Waals surface area contributed by atoms with Gasteiger partial charge in [-0.3, -0.25) is 9.78 Å². The van der Waals surface area contributed by atoms with Gasteiger partial charge in [0.25, 0.3) is 5.91 Å². The minimum atomic E-state index is -0.293. The molecule has 3 aromatic rings. The fourth-order valence-corrected chi connectivity index (χ4v) is 2.26. The minimum Gasteiger partial charge on any atom is -0.355 e. The van der Waals surface area contributed by atoms with E-state index in [1.165, 1.54) is 0 Å². The van der Waals surface area contributed by atoms with Crippen LogP contribution in [0, 0.1) is 0 Å². The molecule has 1 atom stereocenters. The van der Waals surface area contributed by atoms with Crippen LogP contribution in [0.15, 0.2) is 59.4 Å². The molecule has 1 N–H and O–H groups in total. The van der Waals surface area contributed by atoms with E-state index < -0.39 is 0 Å². The number of amides is 1. The number of rotatable bonds is 4. The van der Waals surface area contributed by atoms with Gasteiger partial charge >= 0.3 is 0 Å². The summed E-state index contributed by atoms with van der Waals surface area (Å²) in [7, 11) is 0. The summed E-state index contributed by atoms with van der Waals surface area (Å²) in [5, 5.41) is 7.34. The van der Waals surface area contributed by atoms with Crippen LogP contribution in [0.1, 0.15) is 29.0 Å². The SMILES string of the molecule is CC(NC(=O)c1cc(-c2ccc(Cl)cc2)on1)c1ccncc1. The van der Waals surface area contributed by atoms with Gasteiger partial charge in [-0.1, -0.05) is 16.8 Å². The molecule has 0 fully saturated rings. The number of carbonyl (C=O) groups is 1. The molecule has 0 aliphatic rings. The van der Waals surface area contributed by atoms with E-state index in [2.05, 4.69) is 15.5 Å². The summed E-state index contributed by atoms with van der Waals surface area (Å²) < 4.78 is 5.24. The topological polar surface area (TPSA) is 68.0 Å². The van der Waals surface area contributed by atoms with E-state index >= 15 is 0 Å². The lowest BCUT2D eigenvalue weighted by Gasteiger charge is -2.12. The molecule has 0 saturated carbocycles. The molecule has 0 bridgehead atoms. The third-order valence-corrected chi connectivity index (χ3v) is 3.68. The molecule has 2 heterocycles. The summed E-state index contributed by atoms with van der Waals surface area (Å²) >= 11 is 5.86. The largest absolute Gasteiger partial charge is 0.355 e. The summed E-state index contributed by atoms with van der Waals surface area (Å²) in [4.78, 5) is 16.2. The number of benzene rings is 1. The second kappa shape index (κ2) is 6.62. The second-order valence-corrected chi connectivity index (χ2v) is 5.50. The number of pyridine rings is 1. The highest BCUT2D eigenvalue weighted by molar-refractivity contribution is 6.30. The maximum Gasteiger partial charge on any atom is 0.273 e. The normalized spacial score (nSPS) is 11.9. The predicted molar refractivity (Wildman–Crippen MR) is 87.1 cm³/mol. The summed E-state index contributed by atoms with van der Waals surface area (Å²) in [6.07, 6.45) is 3.37. The Hall–Kier alpha value is -2.66. The van der Waals surface area contributed by atoms with E-state index in [-0.39, 0.29) is 17.6 Å². The average molecular weight is 328 g/mol. The van der Waals surface area contributed by atoms with E-state index in [9.17, 15) is 4.79 Å². The van der Waals surface area contributed by atoms with Gasteiger partial charge < -0.3 is 9.84 Å². The molecule has 2 aromatic heterocycles. The number of nitrogens with one attached hydrogen (secondary N) is 1. The minimum absolute atomic E-state index is 0.152. The molecule has 23 heavy (non-hydrogen) atoms. The first-order valence-electron chi connectivity index (χ1n) is 7.07. The van der Waals surface area contributed by atoms with Gasteiger partial charge in [0.05, 0.1) is 6.04 Å². The first kappa shape index (κ1) is 15.2. The Morgan fingerprint density at radius 1 is 1.17 bits per heavy atom. The summed E-state index contributed by atoms with van der Waals surface area (Å²) in [6.45, 7) is 1.90. The lowest BCUT2D eigenvalue weighted by atomic mass is 10.1. The number of halogens is 1. The Kier molecular flexibility index (Phi) is 4.39. The van der Waals surface area contributed by atoms with Crippen molar-refractivity contribution in [1.82, 2.24) is 15.5 Å². The van der Waals surface area contributed by atoms with Crippen molar-refractivity contribution in [2.75, 3.05) is 0 Å². The van der Waals surface area contributed by atoms with Gasteiger partial charge in [-0.25, -0.2) is 0 Å². The van der Waals surface area contributed by atoms with Gasteiger partial charge in [-0.05, 0) is 48.9 Å². The highest BCUT2D eigenvalue weighted by Gasteiger charge is 2.16. The summed E-state index contributed by atoms with van der Waals surface area (Å²) in [5.41, 5.74) is 2.01. The lowest BCUT2D eigenvalue weighted by molar-refractivity contribution is 0.0931. The zero-order valence-corrected chi connectivity index (χ0v) is 13.1. The van der Waals surface area contributed by atoms with Crippen LogP contribution in [-0.2, 0) is 0 Å². The molecule has 0 aliphatic heterocycles. The van der Waals surface area contributed by atoms with Crippen molar-refractivity contribution in [2.24, 2.45) is 0 Å². The smallest absolute Gasteiger partial charge is 0.273 e. The predicted octanol–water partition coefficient (Wildman–Crippen LogP) is 3.88. The maximum atomic E-state index is 12.3. The van der Waals surface area contributed by atoms with E-state index in [0.717, 1.165) is 11.1 Å². The highest BCUT2D eigenvalue weighted by atomic mass is 35.5. The van der Waals surface area contributed by atoms with E-state index in [4.69, 9.17) is 16.1 Å². The van der Waals surface area contributed by atoms with Crippen LogP contribution in [0.3, 0.4) is 0 Å². The van der Waals surface area contributed by atoms with Crippen molar-refractivity contribution in [3.05, 3.63) is 71.1 Å². The van der Waals surface area contributed by atoms with Crippen LogP contribution >= 0.6 is 11.6 Å². The molecule has 0 spiro atoms. The van der Waals surface area contributed by atoms with E-state index in [1.54, 1.807) is 30.6 Å².